The Balaban J connectivity index is 2.06. The van der Waals surface area contributed by atoms with E-state index in [0.717, 1.165) is 11.3 Å². The summed E-state index contributed by atoms with van der Waals surface area (Å²) >= 11 is 13.1. The first-order chi connectivity index (χ1) is 13.7. The number of thiophene rings is 1. The Morgan fingerprint density at radius 1 is 1.21 bits per heavy atom. The van der Waals surface area contributed by atoms with Gasteiger partial charge in [-0.05, 0) is 48.9 Å². The fourth-order valence-electron chi connectivity index (χ4n) is 2.61. The smallest absolute Gasteiger partial charge is 0.348 e. The number of aromatic carboxylic acids is 1. The number of rotatable bonds is 7. The van der Waals surface area contributed by atoms with Crippen LogP contribution in [0.3, 0.4) is 0 Å². The lowest BCUT2D eigenvalue weighted by atomic mass is 10.2. The molecule has 0 spiro atoms. The second-order valence-corrected chi connectivity index (χ2v) is 9.80. The van der Waals surface area contributed by atoms with Crippen molar-refractivity contribution in [2.24, 2.45) is 0 Å². The Morgan fingerprint density at radius 2 is 1.90 bits per heavy atom. The van der Waals surface area contributed by atoms with Crippen LogP contribution in [0.2, 0.25) is 10.0 Å². The van der Waals surface area contributed by atoms with Gasteiger partial charge in [-0.2, -0.15) is 0 Å². The summed E-state index contributed by atoms with van der Waals surface area (Å²) in [5, 5.41) is 13.0. The molecule has 1 aromatic heterocycles. The van der Waals surface area contributed by atoms with Gasteiger partial charge in [-0.1, -0.05) is 35.3 Å². The molecule has 0 bridgehead atoms. The number of hydrogen-bond donors (Lipinski definition) is 2. The summed E-state index contributed by atoms with van der Waals surface area (Å²) in [5.74, 6) is -1.60. The van der Waals surface area contributed by atoms with Gasteiger partial charge in [0.25, 0.3) is 0 Å². The number of anilines is 1. The molecule has 3 aromatic rings. The summed E-state index contributed by atoms with van der Waals surface area (Å²) in [5.41, 5.74) is 0.743. The maximum Gasteiger partial charge on any atom is 0.348 e. The lowest BCUT2D eigenvalue weighted by molar-refractivity contribution is 0.0703. The normalized spacial score (nSPS) is 13.1. The predicted octanol–water partition coefficient (Wildman–Crippen LogP) is 6.53. The Hall–Kier alpha value is -1.89. The van der Waals surface area contributed by atoms with Crippen LogP contribution in [0.5, 0.6) is 0 Å². The van der Waals surface area contributed by atoms with Gasteiger partial charge in [-0.3, -0.25) is 4.57 Å². The minimum atomic E-state index is -3.76. The van der Waals surface area contributed by atoms with Gasteiger partial charge in [0.05, 0.1) is 22.6 Å². The lowest BCUT2D eigenvalue weighted by Gasteiger charge is -2.21. The largest absolute Gasteiger partial charge is 0.477 e. The zero-order chi connectivity index (χ0) is 21.2. The quantitative estimate of drug-likeness (QED) is 0.381. The van der Waals surface area contributed by atoms with Crippen molar-refractivity contribution in [2.75, 3.05) is 11.7 Å². The van der Waals surface area contributed by atoms with Gasteiger partial charge in [0.2, 0.25) is 0 Å². The molecule has 10 heteroatoms. The highest BCUT2D eigenvalue weighted by Crippen LogP contribution is 2.50. The van der Waals surface area contributed by atoms with Crippen molar-refractivity contribution in [1.82, 2.24) is 0 Å². The van der Waals surface area contributed by atoms with Gasteiger partial charge in [-0.25, -0.2) is 9.18 Å². The second kappa shape index (κ2) is 8.86. The van der Waals surface area contributed by atoms with E-state index in [2.05, 4.69) is 5.09 Å². The molecule has 0 aliphatic heterocycles. The summed E-state index contributed by atoms with van der Waals surface area (Å²) in [7, 11) is -3.76. The molecule has 0 radical (unpaired) electrons. The molecular formula is C19H15Cl2FNO4PS. The monoisotopic (exact) mass is 473 g/mol. The second-order valence-electron chi connectivity index (χ2n) is 5.84. The summed E-state index contributed by atoms with van der Waals surface area (Å²) in [6.45, 7) is 1.76. The maximum atomic E-state index is 13.6. The average Bonchev–Trinajstić information content (AvgIpc) is 3.06. The highest BCUT2D eigenvalue weighted by Gasteiger charge is 2.31. The molecule has 1 heterocycles. The van der Waals surface area contributed by atoms with E-state index in [1.54, 1.807) is 6.92 Å². The molecule has 2 aromatic carbocycles. The first-order valence-electron chi connectivity index (χ1n) is 8.35. The van der Waals surface area contributed by atoms with E-state index in [0.29, 0.717) is 15.5 Å². The van der Waals surface area contributed by atoms with E-state index in [4.69, 9.17) is 27.7 Å². The minimum absolute atomic E-state index is 0.0608. The van der Waals surface area contributed by atoms with Gasteiger partial charge >= 0.3 is 13.5 Å². The third kappa shape index (κ3) is 4.82. The van der Waals surface area contributed by atoms with Gasteiger partial charge in [0.15, 0.2) is 0 Å². The van der Waals surface area contributed by atoms with Crippen molar-refractivity contribution in [3.05, 3.63) is 69.3 Å². The molecule has 2 N–H and O–H groups in total. The molecule has 0 amide bonds. The standard InChI is InChI=1S/C19H15Cl2FNO4PS/c1-2-27-28(26,16-8-5-12(20)9-14(16)21)23-15-10-17(29-18(15)19(24)25)11-3-6-13(22)7-4-11/h3-10H,2H2,1H3,(H,23,26)(H,24,25). The van der Waals surface area contributed by atoms with Crippen molar-refractivity contribution in [2.45, 2.75) is 6.92 Å². The van der Waals surface area contributed by atoms with Gasteiger partial charge in [-0.15, -0.1) is 11.3 Å². The summed E-state index contributed by atoms with van der Waals surface area (Å²) < 4.78 is 32.3. The van der Waals surface area contributed by atoms with E-state index in [-0.39, 0.29) is 27.5 Å². The third-order valence-corrected chi connectivity index (χ3v) is 7.89. The Labute approximate surface area is 180 Å². The van der Waals surface area contributed by atoms with E-state index in [1.807, 2.05) is 0 Å². The number of benzene rings is 2. The molecule has 0 fully saturated rings. The third-order valence-electron chi connectivity index (χ3n) is 3.86. The zero-order valence-electron chi connectivity index (χ0n) is 15.0. The number of carboxylic acids is 1. The van der Waals surface area contributed by atoms with Crippen molar-refractivity contribution >= 4 is 59.0 Å². The Morgan fingerprint density at radius 3 is 2.48 bits per heavy atom. The Bertz CT molecular complexity index is 1100. The van der Waals surface area contributed by atoms with E-state index in [9.17, 15) is 18.9 Å². The molecule has 29 heavy (non-hydrogen) atoms. The number of nitrogens with one attached hydrogen (secondary N) is 1. The summed E-state index contributed by atoms with van der Waals surface area (Å²) in [6, 6.07) is 11.6. The molecule has 152 valence electrons. The maximum absolute atomic E-state index is 13.6. The van der Waals surface area contributed by atoms with E-state index in [1.165, 1.54) is 48.5 Å². The summed E-state index contributed by atoms with van der Waals surface area (Å²) in [4.78, 5) is 12.3. The van der Waals surface area contributed by atoms with Gasteiger partial charge in [0.1, 0.15) is 10.7 Å². The topological polar surface area (TPSA) is 75.6 Å². The molecule has 3 rings (SSSR count). The van der Waals surface area contributed by atoms with Crippen LogP contribution < -0.4 is 10.4 Å². The van der Waals surface area contributed by atoms with Crippen LogP contribution in [0.1, 0.15) is 16.6 Å². The van der Waals surface area contributed by atoms with Crippen LogP contribution >= 0.6 is 42.1 Å². The van der Waals surface area contributed by atoms with Crippen molar-refractivity contribution in [3.63, 3.8) is 0 Å². The number of carboxylic acid groups (broad SMARTS) is 1. The predicted molar refractivity (Wildman–Crippen MR) is 116 cm³/mol. The molecule has 0 aliphatic rings. The van der Waals surface area contributed by atoms with Crippen LogP contribution in [-0.4, -0.2) is 17.7 Å². The highest BCUT2D eigenvalue weighted by molar-refractivity contribution is 7.68. The van der Waals surface area contributed by atoms with E-state index < -0.39 is 19.3 Å². The number of carbonyl (C=O) groups is 1. The van der Waals surface area contributed by atoms with Crippen LogP contribution in [0.25, 0.3) is 10.4 Å². The van der Waals surface area contributed by atoms with Crippen molar-refractivity contribution in [1.29, 1.82) is 0 Å². The van der Waals surface area contributed by atoms with Crippen LogP contribution in [0.4, 0.5) is 10.1 Å². The molecular weight excluding hydrogens is 459 g/mol. The van der Waals surface area contributed by atoms with Crippen LogP contribution in [-0.2, 0) is 9.09 Å². The fourth-order valence-corrected chi connectivity index (χ4v) is 6.19. The average molecular weight is 474 g/mol. The zero-order valence-corrected chi connectivity index (χ0v) is 18.2. The number of halogens is 3. The fraction of sp³-hybridized carbons (Fsp3) is 0.105. The SMILES string of the molecule is CCOP(=O)(Nc1cc(-c2ccc(F)cc2)sc1C(=O)O)c1ccc(Cl)cc1Cl. The van der Waals surface area contributed by atoms with Crippen molar-refractivity contribution < 1.29 is 23.4 Å². The highest BCUT2D eigenvalue weighted by atomic mass is 35.5. The first kappa shape index (κ1) is 21.8. The molecule has 0 saturated carbocycles. The molecule has 5 nitrogen and oxygen atoms in total. The van der Waals surface area contributed by atoms with Crippen molar-refractivity contribution in [3.8, 4) is 10.4 Å². The minimum Gasteiger partial charge on any atom is -0.477 e. The number of hydrogen-bond acceptors (Lipinski definition) is 4. The first-order valence-corrected chi connectivity index (χ1v) is 11.5. The van der Waals surface area contributed by atoms with Gasteiger partial charge < -0.3 is 14.7 Å². The van der Waals surface area contributed by atoms with Gasteiger partial charge in [0, 0.05) is 9.90 Å². The molecule has 1 atom stereocenters. The Kier molecular flexibility index (Phi) is 6.66. The lowest BCUT2D eigenvalue weighted by Crippen LogP contribution is -2.16. The molecule has 1 unspecified atom stereocenters. The summed E-state index contributed by atoms with van der Waals surface area (Å²) in [6.07, 6.45) is 0. The van der Waals surface area contributed by atoms with Crippen LogP contribution in [0.15, 0.2) is 48.5 Å². The molecule has 0 aliphatic carbocycles. The van der Waals surface area contributed by atoms with Crippen LogP contribution in [0, 0.1) is 5.82 Å². The van der Waals surface area contributed by atoms with E-state index >= 15 is 0 Å². The molecule has 0 saturated heterocycles.